The Morgan fingerprint density at radius 1 is 1.50 bits per heavy atom. The van der Waals surface area contributed by atoms with E-state index >= 15 is 0 Å². The van der Waals surface area contributed by atoms with Crippen LogP contribution in [0.1, 0.15) is 28.2 Å². The number of aromatic nitrogens is 1. The maximum absolute atomic E-state index is 10.3. The number of aryl methyl sites for hydroxylation is 1. The summed E-state index contributed by atoms with van der Waals surface area (Å²) in [5, 5.41) is 3.76. The molecular formula is C7H7NO2. The lowest BCUT2D eigenvalue weighted by Crippen LogP contribution is -1.81. The molecule has 0 unspecified atom stereocenters. The summed E-state index contributed by atoms with van der Waals surface area (Å²) < 4.78 is 4.77. The molecule has 0 N–H and O–H groups in total. The molecule has 0 aliphatic heterocycles. The van der Waals surface area contributed by atoms with Gasteiger partial charge < -0.3 is 4.52 Å². The summed E-state index contributed by atoms with van der Waals surface area (Å²) in [6, 6.07) is 0. The second-order valence-corrected chi connectivity index (χ2v) is 2.44. The Balaban J connectivity index is 2.53. The minimum atomic E-state index is 0.424. The number of hydrogen-bond donors (Lipinski definition) is 0. The lowest BCUT2D eigenvalue weighted by atomic mass is 10.2. The molecule has 0 radical (unpaired) electrons. The zero-order valence-electron chi connectivity index (χ0n) is 5.46. The molecule has 1 heterocycles. The van der Waals surface area contributed by atoms with Crippen LogP contribution in [0.25, 0.3) is 0 Å². The van der Waals surface area contributed by atoms with Crippen molar-refractivity contribution < 1.29 is 9.32 Å². The Hall–Kier alpha value is -1.12. The molecule has 0 amide bonds. The van der Waals surface area contributed by atoms with Crippen molar-refractivity contribution in [2.75, 3.05) is 0 Å². The van der Waals surface area contributed by atoms with E-state index in [9.17, 15) is 4.79 Å². The third-order valence-corrected chi connectivity index (χ3v) is 1.85. The monoisotopic (exact) mass is 137 g/mol. The van der Waals surface area contributed by atoms with Gasteiger partial charge in [-0.05, 0) is 19.3 Å². The average molecular weight is 137 g/mol. The van der Waals surface area contributed by atoms with Crippen LogP contribution in [0.15, 0.2) is 4.52 Å². The van der Waals surface area contributed by atoms with Crippen LogP contribution >= 0.6 is 0 Å². The third kappa shape index (κ3) is 0.602. The Kier molecular flexibility index (Phi) is 1.09. The first-order valence-corrected chi connectivity index (χ1v) is 3.34. The van der Waals surface area contributed by atoms with E-state index in [0.717, 1.165) is 36.8 Å². The Morgan fingerprint density at radius 3 is 3.20 bits per heavy atom. The minimum absolute atomic E-state index is 0.424. The van der Waals surface area contributed by atoms with Gasteiger partial charge in [0.1, 0.15) is 0 Å². The molecule has 1 aliphatic rings. The predicted octanol–water partition coefficient (Wildman–Crippen LogP) is 0.976. The van der Waals surface area contributed by atoms with Crippen LogP contribution < -0.4 is 0 Å². The number of hydrogen-bond acceptors (Lipinski definition) is 3. The van der Waals surface area contributed by atoms with Gasteiger partial charge in [-0.15, -0.1) is 0 Å². The molecule has 0 spiro atoms. The van der Waals surface area contributed by atoms with Crippen LogP contribution in [0.3, 0.4) is 0 Å². The van der Waals surface area contributed by atoms with Crippen molar-refractivity contribution in [1.29, 1.82) is 0 Å². The highest BCUT2D eigenvalue weighted by Gasteiger charge is 2.19. The van der Waals surface area contributed by atoms with Gasteiger partial charge in [0.15, 0.2) is 6.29 Å². The summed E-state index contributed by atoms with van der Waals surface area (Å²) in [4.78, 5) is 10.3. The highest BCUT2D eigenvalue weighted by Crippen LogP contribution is 2.22. The molecule has 0 saturated carbocycles. The first kappa shape index (κ1) is 5.65. The summed E-state index contributed by atoms with van der Waals surface area (Å²) in [7, 11) is 0. The molecule has 10 heavy (non-hydrogen) atoms. The van der Waals surface area contributed by atoms with Crippen LogP contribution in [0.2, 0.25) is 0 Å². The number of aldehydes is 1. The van der Waals surface area contributed by atoms with Gasteiger partial charge in [-0.3, -0.25) is 4.79 Å². The molecule has 0 bridgehead atoms. The normalized spacial score (nSPS) is 15.2. The Bertz CT molecular complexity index is 265. The molecular weight excluding hydrogens is 130 g/mol. The highest BCUT2D eigenvalue weighted by atomic mass is 16.5. The zero-order valence-corrected chi connectivity index (χ0v) is 5.46. The Labute approximate surface area is 58.0 Å². The average Bonchev–Trinajstić information content (AvgIpc) is 2.44. The SMILES string of the molecule is O=Cc1onc2c1CCC2. The van der Waals surface area contributed by atoms with E-state index in [0.29, 0.717) is 5.76 Å². The van der Waals surface area contributed by atoms with E-state index in [4.69, 9.17) is 4.52 Å². The van der Waals surface area contributed by atoms with Crippen molar-refractivity contribution in [1.82, 2.24) is 5.16 Å². The molecule has 3 heteroatoms. The lowest BCUT2D eigenvalue weighted by Gasteiger charge is -1.82. The van der Waals surface area contributed by atoms with Gasteiger partial charge in [-0.25, -0.2) is 0 Å². The van der Waals surface area contributed by atoms with Crippen LogP contribution in [-0.2, 0) is 12.8 Å². The fourth-order valence-corrected chi connectivity index (χ4v) is 1.35. The van der Waals surface area contributed by atoms with Gasteiger partial charge in [0.2, 0.25) is 5.76 Å². The second-order valence-electron chi connectivity index (χ2n) is 2.44. The van der Waals surface area contributed by atoms with Crippen molar-refractivity contribution in [2.45, 2.75) is 19.3 Å². The fourth-order valence-electron chi connectivity index (χ4n) is 1.35. The van der Waals surface area contributed by atoms with E-state index < -0.39 is 0 Å². The standard InChI is InChI=1S/C7H7NO2/c9-4-7-5-2-1-3-6(5)8-10-7/h4H,1-3H2. The van der Waals surface area contributed by atoms with E-state index in [2.05, 4.69) is 5.16 Å². The van der Waals surface area contributed by atoms with Gasteiger partial charge in [0.25, 0.3) is 0 Å². The Morgan fingerprint density at radius 2 is 2.40 bits per heavy atom. The van der Waals surface area contributed by atoms with Gasteiger partial charge in [0, 0.05) is 5.56 Å². The van der Waals surface area contributed by atoms with Crippen molar-refractivity contribution in [3.8, 4) is 0 Å². The first-order valence-electron chi connectivity index (χ1n) is 3.34. The highest BCUT2D eigenvalue weighted by molar-refractivity contribution is 5.73. The number of nitrogens with zero attached hydrogens (tertiary/aromatic N) is 1. The van der Waals surface area contributed by atoms with Gasteiger partial charge in [0.05, 0.1) is 5.69 Å². The molecule has 0 atom stereocenters. The van der Waals surface area contributed by atoms with Crippen LogP contribution in [0.5, 0.6) is 0 Å². The molecule has 2 rings (SSSR count). The first-order chi connectivity index (χ1) is 4.92. The topological polar surface area (TPSA) is 43.1 Å². The van der Waals surface area contributed by atoms with E-state index in [1.54, 1.807) is 0 Å². The molecule has 1 aromatic heterocycles. The van der Waals surface area contributed by atoms with Crippen LogP contribution in [0, 0.1) is 0 Å². The zero-order chi connectivity index (χ0) is 6.97. The summed E-state index contributed by atoms with van der Waals surface area (Å²) in [6.45, 7) is 0. The van der Waals surface area contributed by atoms with Gasteiger partial charge >= 0.3 is 0 Å². The quantitative estimate of drug-likeness (QED) is 0.542. The van der Waals surface area contributed by atoms with E-state index in [1.807, 2.05) is 0 Å². The molecule has 3 nitrogen and oxygen atoms in total. The van der Waals surface area contributed by atoms with Gasteiger partial charge in [-0.1, -0.05) is 5.16 Å². The maximum Gasteiger partial charge on any atom is 0.202 e. The predicted molar refractivity (Wildman–Crippen MR) is 33.9 cm³/mol. The molecule has 0 fully saturated rings. The summed E-state index contributed by atoms with van der Waals surface area (Å²) in [5.41, 5.74) is 2.00. The molecule has 1 aliphatic carbocycles. The summed E-state index contributed by atoms with van der Waals surface area (Å²) in [5.74, 6) is 0.424. The van der Waals surface area contributed by atoms with Crippen molar-refractivity contribution in [3.63, 3.8) is 0 Å². The molecule has 0 aromatic carbocycles. The minimum Gasteiger partial charge on any atom is -0.353 e. The lowest BCUT2D eigenvalue weighted by molar-refractivity contribution is 0.109. The molecule has 0 saturated heterocycles. The summed E-state index contributed by atoms with van der Waals surface area (Å²) >= 11 is 0. The fraction of sp³-hybridized carbons (Fsp3) is 0.429. The number of fused-ring (bicyclic) bond motifs is 1. The summed E-state index contributed by atoms with van der Waals surface area (Å²) in [6.07, 6.45) is 3.76. The molecule has 52 valence electrons. The second kappa shape index (κ2) is 1.94. The van der Waals surface area contributed by atoms with Crippen molar-refractivity contribution in [2.24, 2.45) is 0 Å². The maximum atomic E-state index is 10.3. The largest absolute Gasteiger partial charge is 0.353 e. The number of rotatable bonds is 1. The number of carbonyl (C=O) groups excluding carboxylic acids is 1. The van der Waals surface area contributed by atoms with E-state index in [-0.39, 0.29) is 0 Å². The smallest absolute Gasteiger partial charge is 0.202 e. The number of carbonyl (C=O) groups is 1. The van der Waals surface area contributed by atoms with Crippen LogP contribution in [0.4, 0.5) is 0 Å². The van der Waals surface area contributed by atoms with Gasteiger partial charge in [-0.2, -0.15) is 0 Å². The van der Waals surface area contributed by atoms with Crippen LogP contribution in [-0.4, -0.2) is 11.4 Å². The van der Waals surface area contributed by atoms with Crippen molar-refractivity contribution in [3.05, 3.63) is 17.0 Å². The van der Waals surface area contributed by atoms with Crippen molar-refractivity contribution >= 4 is 6.29 Å². The van der Waals surface area contributed by atoms with E-state index in [1.165, 1.54) is 0 Å². The molecule has 1 aromatic rings. The third-order valence-electron chi connectivity index (χ3n) is 1.85.